The number of cyclic esters (lactones) is 1. The highest BCUT2D eigenvalue weighted by atomic mass is 32.1. The monoisotopic (exact) mass is 940 g/mol. The Morgan fingerprint density at radius 1 is 1.08 bits per heavy atom. The number of amides is 2. The summed E-state index contributed by atoms with van der Waals surface area (Å²) in [6.07, 6.45) is -2.46. The molecule has 4 aliphatic heterocycles. The average Bonchev–Trinajstić information content (AvgIpc) is 3.51. The van der Waals surface area contributed by atoms with Crippen molar-refractivity contribution in [1.82, 2.24) is 35.2 Å². The number of thiazole rings is 1. The minimum atomic E-state index is -4.32. The van der Waals surface area contributed by atoms with Crippen molar-refractivity contribution < 1.29 is 45.8 Å². The van der Waals surface area contributed by atoms with Crippen molar-refractivity contribution in [3.63, 3.8) is 0 Å². The molecule has 2 N–H and O–H groups in total. The molecule has 1 aliphatic carbocycles. The van der Waals surface area contributed by atoms with Gasteiger partial charge in [-0.25, -0.2) is 19.2 Å². The molecule has 13 nitrogen and oxygen atoms in total. The van der Waals surface area contributed by atoms with Gasteiger partial charge in [-0.2, -0.15) is 13.2 Å². The summed E-state index contributed by atoms with van der Waals surface area (Å²) in [6.45, 7) is 9.36. The second kappa shape index (κ2) is 17.4. The Bertz CT molecular complexity index is 2530. The van der Waals surface area contributed by atoms with E-state index in [-0.39, 0.29) is 56.2 Å². The van der Waals surface area contributed by atoms with Gasteiger partial charge in [0.2, 0.25) is 5.91 Å². The first-order valence-corrected chi connectivity index (χ1v) is 23.7. The zero-order chi connectivity index (χ0) is 47.0. The van der Waals surface area contributed by atoms with Crippen LogP contribution < -0.4 is 15.6 Å². The quantitative estimate of drug-likeness (QED) is 0.148. The molecule has 1 saturated carbocycles. The van der Waals surface area contributed by atoms with E-state index in [9.17, 15) is 27.6 Å². The first-order chi connectivity index (χ1) is 31.2. The van der Waals surface area contributed by atoms with Crippen LogP contribution in [-0.2, 0) is 49.7 Å². The number of benzene rings is 1. The maximum Gasteiger partial charge on any atom is 0.401 e. The lowest BCUT2D eigenvalue weighted by Crippen LogP contribution is -2.60. The number of hydrazine groups is 1. The predicted octanol–water partition coefficient (Wildman–Crippen LogP) is 6.96. The number of carbonyl (C=O) groups excluding carboxylic acids is 3. The molecule has 3 fully saturated rings. The van der Waals surface area contributed by atoms with E-state index in [4.69, 9.17) is 19.4 Å². The van der Waals surface area contributed by atoms with Gasteiger partial charge in [-0.15, -0.1) is 11.3 Å². The largest absolute Gasteiger partial charge is 0.464 e. The standard InChI is InChI=1S/C47H57F5N8O5S/c1-25-26(2)38(25)42(61)55-35-17-37-54-36(21-66-37)28-14-29-18-46(48,49)22-59-40(29)31(15-28)33(19-45(4,5)24-65-44(63)34-8-7-9-60(56-34)43(35)62)41(59)32-16-30(20-53-39(32)27(3)64-6)58-12-10-57(11-13-58)23-47(50,51)52/h14-16,20-21,25-27,34-35,38,56H,7-13,17-19,22-24H2,1-6H3,(H,55,61)/t25-,26+,27-,34-,35-,38?/m0/s1. The summed E-state index contributed by atoms with van der Waals surface area (Å²) in [5.41, 5.74) is 7.49. The Labute approximate surface area is 384 Å². The van der Waals surface area contributed by atoms with E-state index in [0.29, 0.717) is 82.5 Å². The molecule has 9 rings (SSSR count). The van der Waals surface area contributed by atoms with Gasteiger partial charge in [0.05, 0.1) is 65.3 Å². The first kappa shape index (κ1) is 46.4. The Kier molecular flexibility index (Phi) is 12.2. The molecule has 19 heteroatoms. The van der Waals surface area contributed by atoms with Crippen LogP contribution in [0.15, 0.2) is 29.8 Å². The summed E-state index contributed by atoms with van der Waals surface area (Å²) >= 11 is 1.32. The number of halogens is 5. The number of esters is 1. The molecule has 1 unspecified atom stereocenters. The number of pyridine rings is 1. The van der Waals surface area contributed by atoms with Gasteiger partial charge >= 0.3 is 12.1 Å². The maximum atomic E-state index is 16.3. The van der Waals surface area contributed by atoms with Crippen molar-refractivity contribution in [2.75, 3.05) is 57.9 Å². The number of nitrogens with one attached hydrogen (secondary N) is 2. The van der Waals surface area contributed by atoms with Gasteiger partial charge in [0.15, 0.2) is 0 Å². The molecule has 3 aromatic heterocycles. The molecule has 1 aromatic carbocycles. The van der Waals surface area contributed by atoms with E-state index in [2.05, 4.69) is 10.7 Å². The fraction of sp³-hybridized carbons (Fsp3) is 0.596. The minimum absolute atomic E-state index is 0.0412. The van der Waals surface area contributed by atoms with Gasteiger partial charge in [0, 0.05) is 85.9 Å². The summed E-state index contributed by atoms with van der Waals surface area (Å²) in [5, 5.41) is 7.54. The van der Waals surface area contributed by atoms with Crippen LogP contribution in [0, 0.1) is 23.2 Å². The summed E-state index contributed by atoms with van der Waals surface area (Å²) < 4.78 is 86.2. The third-order valence-electron chi connectivity index (χ3n) is 14.2. The number of nitrogens with zero attached hydrogens (tertiary/aromatic N) is 6. The Morgan fingerprint density at radius 2 is 1.82 bits per heavy atom. The number of rotatable bonds is 7. The first-order valence-electron chi connectivity index (χ1n) is 22.8. The summed E-state index contributed by atoms with van der Waals surface area (Å²) in [5.74, 6) is -4.17. The van der Waals surface area contributed by atoms with Gasteiger partial charge in [0.1, 0.15) is 12.1 Å². The van der Waals surface area contributed by atoms with Crippen molar-refractivity contribution in [3.05, 3.63) is 51.6 Å². The molecule has 6 atom stereocenters. The lowest BCUT2D eigenvalue weighted by molar-refractivity contribution is -0.155. The molecule has 2 saturated heterocycles. The van der Waals surface area contributed by atoms with Crippen LogP contribution in [0.1, 0.15) is 75.4 Å². The van der Waals surface area contributed by atoms with Crippen molar-refractivity contribution in [1.29, 1.82) is 0 Å². The third kappa shape index (κ3) is 9.28. The van der Waals surface area contributed by atoms with Crippen LogP contribution in [0.2, 0.25) is 0 Å². The lowest BCUT2D eigenvalue weighted by Gasteiger charge is -2.36. The molecule has 7 heterocycles. The van der Waals surface area contributed by atoms with Gasteiger partial charge in [0.25, 0.3) is 11.8 Å². The average molecular weight is 941 g/mol. The SMILES string of the molecule is CO[C@@H](C)c1ncc(N2CCN(CC(F)(F)F)CC2)cc1-c1c2c3cc(cc4c3n1CC(F)(F)C4)-c1csc(n1)C[C@H](NC(=O)C1[C@@H](C)[C@H]1C)C(=O)N1CCC[C@H](N1)C(=O)OCC(C)(C)C2. The fourth-order valence-corrected chi connectivity index (χ4v) is 11.2. The van der Waals surface area contributed by atoms with E-state index in [1.807, 2.05) is 57.0 Å². The molecule has 0 radical (unpaired) electrons. The zero-order valence-corrected chi connectivity index (χ0v) is 38.9. The molecule has 5 aliphatic rings. The van der Waals surface area contributed by atoms with Gasteiger partial charge < -0.3 is 24.3 Å². The smallest absolute Gasteiger partial charge is 0.401 e. The summed E-state index contributed by atoms with van der Waals surface area (Å²) in [6, 6.07) is 3.81. The fourth-order valence-electron chi connectivity index (χ4n) is 10.3. The molecular formula is C47H57F5N8O5S. The number of methoxy groups -OCH3 is 1. The number of fused-ring (bicyclic) bond motifs is 6. The molecular weight excluding hydrogens is 884 g/mol. The van der Waals surface area contributed by atoms with Crippen molar-refractivity contribution >= 4 is 45.7 Å². The molecule has 2 amide bonds. The zero-order valence-electron chi connectivity index (χ0n) is 38.1. The van der Waals surface area contributed by atoms with Crippen molar-refractivity contribution in [2.45, 2.75) is 104 Å². The minimum Gasteiger partial charge on any atom is -0.464 e. The number of hydrogen-bond acceptors (Lipinski definition) is 11. The topological polar surface area (TPSA) is 134 Å². The highest BCUT2D eigenvalue weighted by molar-refractivity contribution is 7.10. The van der Waals surface area contributed by atoms with Gasteiger partial charge in [-0.05, 0) is 67.3 Å². The van der Waals surface area contributed by atoms with Crippen molar-refractivity contribution in [3.8, 4) is 22.5 Å². The van der Waals surface area contributed by atoms with Crippen LogP contribution in [0.3, 0.4) is 0 Å². The number of ether oxygens (including phenoxy) is 2. The highest BCUT2D eigenvalue weighted by Gasteiger charge is 2.49. The number of aromatic nitrogens is 3. The highest BCUT2D eigenvalue weighted by Crippen LogP contribution is 2.48. The van der Waals surface area contributed by atoms with Crippen LogP contribution in [0.25, 0.3) is 33.4 Å². The number of piperazine rings is 1. The van der Waals surface area contributed by atoms with E-state index < -0.39 is 67.1 Å². The summed E-state index contributed by atoms with van der Waals surface area (Å²) in [7, 11) is 1.54. The van der Waals surface area contributed by atoms with Crippen LogP contribution in [-0.4, -0.2) is 119 Å². The molecule has 4 aromatic rings. The third-order valence-corrected chi connectivity index (χ3v) is 15.0. The van der Waals surface area contributed by atoms with E-state index in [1.165, 1.54) is 21.2 Å². The Morgan fingerprint density at radius 3 is 2.52 bits per heavy atom. The predicted molar refractivity (Wildman–Crippen MR) is 239 cm³/mol. The van der Waals surface area contributed by atoms with Crippen LogP contribution in [0.4, 0.5) is 27.6 Å². The molecule has 356 valence electrons. The summed E-state index contributed by atoms with van der Waals surface area (Å²) in [4.78, 5) is 54.8. The van der Waals surface area contributed by atoms with E-state index in [0.717, 1.165) is 10.9 Å². The Hall–Kier alpha value is -4.72. The normalized spacial score (nSPS) is 26.2. The molecule has 66 heavy (non-hydrogen) atoms. The second-order valence-electron chi connectivity index (χ2n) is 19.8. The van der Waals surface area contributed by atoms with Gasteiger partial charge in [-0.3, -0.25) is 29.3 Å². The lowest BCUT2D eigenvalue weighted by atomic mass is 9.84. The Balaban J connectivity index is 1.19. The van der Waals surface area contributed by atoms with E-state index >= 15 is 8.78 Å². The van der Waals surface area contributed by atoms with Crippen LogP contribution >= 0.6 is 11.3 Å². The number of hydrogen-bond donors (Lipinski definition) is 2. The maximum absolute atomic E-state index is 16.3. The van der Waals surface area contributed by atoms with Crippen LogP contribution in [0.5, 0.6) is 0 Å². The van der Waals surface area contributed by atoms with Crippen molar-refractivity contribution in [2.24, 2.45) is 23.2 Å². The molecule has 0 spiro atoms. The second-order valence-corrected chi connectivity index (χ2v) is 20.7. The number of anilines is 1. The van der Waals surface area contributed by atoms with E-state index in [1.54, 1.807) is 23.9 Å². The van der Waals surface area contributed by atoms with Gasteiger partial charge in [-0.1, -0.05) is 27.7 Å². The molecule has 6 bridgehead atoms. The number of carbonyl (C=O) groups is 3. The number of alkyl halides is 5.